The van der Waals surface area contributed by atoms with Crippen molar-refractivity contribution in [2.75, 3.05) is 0 Å². The molecule has 21 heavy (non-hydrogen) atoms. The molecule has 0 aliphatic heterocycles. The number of carboxylic acids is 1. The Morgan fingerprint density at radius 3 is 2.14 bits per heavy atom. The van der Waals surface area contributed by atoms with Gasteiger partial charge in [-0.15, -0.1) is 0 Å². The van der Waals surface area contributed by atoms with Gasteiger partial charge < -0.3 is 15.7 Å². The smallest absolute Gasteiger partial charge is 0.328 e. The minimum absolute atomic E-state index is 0.422. The van der Waals surface area contributed by atoms with Gasteiger partial charge in [0.25, 0.3) is 0 Å². The van der Waals surface area contributed by atoms with Gasteiger partial charge in [0.1, 0.15) is 5.54 Å². The van der Waals surface area contributed by atoms with Crippen LogP contribution in [0.3, 0.4) is 0 Å². The van der Waals surface area contributed by atoms with Crippen molar-refractivity contribution in [1.82, 2.24) is 10.6 Å². The summed E-state index contributed by atoms with van der Waals surface area (Å²) < 4.78 is 0. The van der Waals surface area contributed by atoms with E-state index in [4.69, 9.17) is 5.11 Å². The van der Waals surface area contributed by atoms with Crippen LogP contribution in [-0.4, -0.2) is 28.2 Å². The normalized spacial score (nSPS) is 11.8. The van der Waals surface area contributed by atoms with Gasteiger partial charge in [0, 0.05) is 5.54 Å². The highest BCUT2D eigenvalue weighted by Gasteiger charge is 2.30. The van der Waals surface area contributed by atoms with Crippen molar-refractivity contribution in [3.63, 3.8) is 0 Å². The molecule has 0 fully saturated rings. The van der Waals surface area contributed by atoms with Crippen LogP contribution in [0.1, 0.15) is 39.7 Å². The molecule has 0 unspecified atom stereocenters. The topological polar surface area (TPSA) is 78.4 Å². The molecule has 5 heteroatoms. The fourth-order valence-electron chi connectivity index (χ4n) is 1.84. The first-order valence-corrected chi connectivity index (χ1v) is 7.00. The maximum Gasteiger partial charge on any atom is 0.328 e. The molecule has 0 saturated carbocycles. The van der Waals surface area contributed by atoms with E-state index in [1.807, 2.05) is 44.2 Å². The quantitative estimate of drug-likeness (QED) is 0.754. The third-order valence-electron chi connectivity index (χ3n) is 3.29. The van der Waals surface area contributed by atoms with Crippen LogP contribution in [0.5, 0.6) is 0 Å². The van der Waals surface area contributed by atoms with Crippen molar-refractivity contribution >= 4 is 12.0 Å². The van der Waals surface area contributed by atoms with Crippen molar-refractivity contribution in [3.8, 4) is 0 Å². The lowest BCUT2D eigenvalue weighted by atomic mass is 9.95. The van der Waals surface area contributed by atoms with Crippen molar-refractivity contribution in [3.05, 3.63) is 35.9 Å². The maximum absolute atomic E-state index is 11.9. The molecular formula is C16H24N2O3. The molecule has 0 heterocycles. The molecule has 0 aromatic heterocycles. The second-order valence-corrected chi connectivity index (χ2v) is 6.38. The van der Waals surface area contributed by atoms with E-state index in [0.29, 0.717) is 0 Å². The standard InChI is InChI=1S/C16H24N2O3/c1-15(2,11-10-12-8-6-5-7-9-12)17-14(21)18-16(3,4)13(19)20/h5-9H,10-11H2,1-4H3,(H,19,20)(H2,17,18,21). The predicted octanol–water partition coefficient (Wildman–Crippen LogP) is 2.56. The van der Waals surface area contributed by atoms with E-state index in [-0.39, 0.29) is 0 Å². The lowest BCUT2D eigenvalue weighted by molar-refractivity contribution is -0.142. The molecule has 116 valence electrons. The van der Waals surface area contributed by atoms with Crippen molar-refractivity contribution in [1.29, 1.82) is 0 Å². The number of benzene rings is 1. The average molecular weight is 292 g/mol. The van der Waals surface area contributed by atoms with Gasteiger partial charge in [-0.25, -0.2) is 9.59 Å². The zero-order chi connectivity index (χ0) is 16.1. The number of carbonyl (C=O) groups is 2. The van der Waals surface area contributed by atoms with Gasteiger partial charge in [-0.2, -0.15) is 0 Å². The van der Waals surface area contributed by atoms with E-state index in [1.54, 1.807) is 0 Å². The Hall–Kier alpha value is -2.04. The Morgan fingerprint density at radius 2 is 1.62 bits per heavy atom. The first-order chi connectivity index (χ1) is 9.62. The summed E-state index contributed by atoms with van der Waals surface area (Å²) in [5.41, 5.74) is -0.507. The van der Waals surface area contributed by atoms with Crippen LogP contribution in [0, 0.1) is 0 Å². The zero-order valence-corrected chi connectivity index (χ0v) is 13.1. The van der Waals surface area contributed by atoms with Crippen LogP contribution in [0.2, 0.25) is 0 Å². The van der Waals surface area contributed by atoms with Gasteiger partial charge >= 0.3 is 12.0 Å². The van der Waals surface area contributed by atoms with E-state index < -0.39 is 23.1 Å². The van der Waals surface area contributed by atoms with Crippen molar-refractivity contribution in [2.45, 2.75) is 51.6 Å². The Kier molecular flexibility index (Phi) is 5.35. The SMILES string of the molecule is CC(C)(CCc1ccccc1)NC(=O)NC(C)(C)C(=O)O. The molecule has 1 rings (SSSR count). The summed E-state index contributed by atoms with van der Waals surface area (Å²) in [5, 5.41) is 14.3. The van der Waals surface area contributed by atoms with Crippen LogP contribution >= 0.6 is 0 Å². The fraction of sp³-hybridized carbons (Fsp3) is 0.500. The summed E-state index contributed by atoms with van der Waals surface area (Å²) in [6, 6.07) is 9.55. The summed E-state index contributed by atoms with van der Waals surface area (Å²) in [6.45, 7) is 6.74. The molecule has 0 spiro atoms. The second kappa shape index (κ2) is 6.61. The Bertz CT molecular complexity index is 496. The highest BCUT2D eigenvalue weighted by molar-refractivity contribution is 5.85. The van der Waals surface area contributed by atoms with Crippen LogP contribution in [0.15, 0.2) is 30.3 Å². The average Bonchev–Trinajstić information content (AvgIpc) is 2.36. The number of carbonyl (C=O) groups excluding carboxylic acids is 1. The van der Waals surface area contributed by atoms with E-state index in [9.17, 15) is 9.59 Å². The number of aryl methyl sites for hydroxylation is 1. The lowest BCUT2D eigenvalue weighted by Crippen LogP contribution is -2.57. The second-order valence-electron chi connectivity index (χ2n) is 6.38. The first kappa shape index (κ1) is 17.0. The number of urea groups is 1. The maximum atomic E-state index is 11.9. The summed E-state index contributed by atoms with van der Waals surface area (Å²) in [5.74, 6) is -1.07. The number of nitrogens with one attached hydrogen (secondary N) is 2. The number of rotatable bonds is 6. The predicted molar refractivity (Wildman–Crippen MR) is 82.2 cm³/mol. The number of aliphatic carboxylic acids is 1. The summed E-state index contributed by atoms with van der Waals surface area (Å²) in [4.78, 5) is 22.9. The van der Waals surface area contributed by atoms with Gasteiger partial charge in [0.05, 0.1) is 0 Å². The molecule has 5 nitrogen and oxygen atoms in total. The highest BCUT2D eigenvalue weighted by atomic mass is 16.4. The van der Waals surface area contributed by atoms with E-state index >= 15 is 0 Å². The van der Waals surface area contributed by atoms with Gasteiger partial charge in [-0.05, 0) is 46.1 Å². The van der Waals surface area contributed by atoms with Crippen molar-refractivity contribution < 1.29 is 14.7 Å². The molecule has 2 amide bonds. The summed E-state index contributed by atoms with van der Waals surface area (Å²) in [6.07, 6.45) is 1.61. The van der Waals surface area contributed by atoms with Gasteiger partial charge in [-0.1, -0.05) is 30.3 Å². The van der Waals surface area contributed by atoms with Gasteiger partial charge in [0.2, 0.25) is 0 Å². The number of hydrogen-bond donors (Lipinski definition) is 3. The molecule has 1 aromatic carbocycles. The molecule has 0 bridgehead atoms. The first-order valence-electron chi connectivity index (χ1n) is 7.00. The Labute approximate surface area is 125 Å². The molecule has 0 atom stereocenters. The van der Waals surface area contributed by atoms with E-state index in [1.165, 1.54) is 19.4 Å². The minimum atomic E-state index is -1.29. The van der Waals surface area contributed by atoms with Crippen LogP contribution in [-0.2, 0) is 11.2 Å². The van der Waals surface area contributed by atoms with Gasteiger partial charge in [-0.3, -0.25) is 0 Å². The molecule has 0 aliphatic rings. The number of hydrogen-bond acceptors (Lipinski definition) is 2. The molecular weight excluding hydrogens is 268 g/mol. The third-order valence-corrected chi connectivity index (χ3v) is 3.29. The van der Waals surface area contributed by atoms with Gasteiger partial charge in [0.15, 0.2) is 0 Å². The molecule has 0 radical (unpaired) electrons. The largest absolute Gasteiger partial charge is 0.480 e. The fourth-order valence-corrected chi connectivity index (χ4v) is 1.84. The summed E-state index contributed by atoms with van der Waals surface area (Å²) in [7, 11) is 0. The Morgan fingerprint density at radius 1 is 1.05 bits per heavy atom. The monoisotopic (exact) mass is 292 g/mol. The van der Waals surface area contributed by atoms with Crippen molar-refractivity contribution in [2.24, 2.45) is 0 Å². The minimum Gasteiger partial charge on any atom is -0.480 e. The number of carboxylic acid groups (broad SMARTS) is 1. The van der Waals surface area contributed by atoms with E-state index in [0.717, 1.165) is 12.8 Å². The molecule has 3 N–H and O–H groups in total. The number of amides is 2. The van der Waals surface area contributed by atoms with Crippen LogP contribution in [0.4, 0.5) is 4.79 Å². The van der Waals surface area contributed by atoms with Crippen LogP contribution in [0.25, 0.3) is 0 Å². The highest BCUT2D eigenvalue weighted by Crippen LogP contribution is 2.14. The lowest BCUT2D eigenvalue weighted by Gasteiger charge is -2.29. The zero-order valence-electron chi connectivity index (χ0n) is 13.1. The Balaban J connectivity index is 2.52. The molecule has 0 saturated heterocycles. The third kappa shape index (κ3) is 5.85. The van der Waals surface area contributed by atoms with E-state index in [2.05, 4.69) is 10.6 Å². The van der Waals surface area contributed by atoms with Crippen LogP contribution < -0.4 is 10.6 Å². The molecule has 0 aliphatic carbocycles. The summed E-state index contributed by atoms with van der Waals surface area (Å²) >= 11 is 0. The molecule has 1 aromatic rings.